The minimum absolute atomic E-state index is 0.0630. The molecule has 0 saturated carbocycles. The van der Waals surface area contributed by atoms with Gasteiger partial charge in [0, 0.05) is 11.1 Å². The van der Waals surface area contributed by atoms with Crippen LogP contribution in [0.15, 0.2) is 24.3 Å². The molecule has 1 heterocycles. The van der Waals surface area contributed by atoms with E-state index >= 15 is 0 Å². The highest BCUT2D eigenvalue weighted by Gasteiger charge is 2.13. The highest BCUT2D eigenvalue weighted by molar-refractivity contribution is 7.81. The van der Waals surface area contributed by atoms with E-state index in [9.17, 15) is 8.42 Å². The summed E-state index contributed by atoms with van der Waals surface area (Å²) in [6.45, 7) is 4.18. The van der Waals surface area contributed by atoms with E-state index < -0.39 is 10.4 Å². The normalized spacial score (nSPS) is 11.8. The average molecular weight is 408 g/mol. The van der Waals surface area contributed by atoms with E-state index in [2.05, 4.69) is 11.9 Å². The maximum absolute atomic E-state index is 11.1. The van der Waals surface area contributed by atoms with E-state index in [1.165, 1.54) is 63.9 Å². The number of hydrogen-bond acceptors (Lipinski definition) is 4. The Bertz CT molecular complexity index is 849. The number of unbranched alkanes of at least 4 members (excludes halogenated alkanes) is 9. The Labute approximate surface area is 169 Å². The predicted molar refractivity (Wildman–Crippen MR) is 114 cm³/mol. The molecule has 5 nitrogen and oxygen atoms in total. The molecule has 1 aromatic heterocycles. The molecule has 0 atom stereocenters. The highest BCUT2D eigenvalue weighted by Crippen LogP contribution is 2.28. The number of fused-ring (bicyclic) bond motifs is 1. The molecule has 156 valence electrons. The number of nitrogens with zero attached hydrogens (tertiary/aromatic N) is 1. The number of aromatic nitrogens is 1. The van der Waals surface area contributed by atoms with Crippen molar-refractivity contribution in [1.29, 1.82) is 0 Å². The van der Waals surface area contributed by atoms with Gasteiger partial charge in [-0.25, -0.2) is 4.98 Å². The van der Waals surface area contributed by atoms with Gasteiger partial charge >= 0.3 is 10.4 Å². The topological polar surface area (TPSA) is 76.5 Å². The molecule has 0 bridgehead atoms. The Balaban J connectivity index is 1.84. The lowest BCUT2D eigenvalue weighted by molar-refractivity contribution is 0.388. The molecule has 0 spiro atoms. The Morgan fingerprint density at radius 2 is 1.50 bits per heavy atom. The van der Waals surface area contributed by atoms with Crippen LogP contribution in [0.2, 0.25) is 0 Å². The zero-order valence-corrected chi connectivity index (χ0v) is 17.9. The lowest BCUT2D eigenvalue weighted by atomic mass is 10.0. The van der Waals surface area contributed by atoms with Gasteiger partial charge in [0.15, 0.2) is 5.75 Å². The van der Waals surface area contributed by atoms with E-state index in [0.29, 0.717) is 5.52 Å². The van der Waals surface area contributed by atoms with Gasteiger partial charge in [0.25, 0.3) is 0 Å². The van der Waals surface area contributed by atoms with E-state index in [-0.39, 0.29) is 5.75 Å². The summed E-state index contributed by atoms with van der Waals surface area (Å²) in [7, 11) is -4.57. The molecule has 0 radical (unpaired) electrons. The number of benzene rings is 1. The van der Waals surface area contributed by atoms with Crippen LogP contribution in [0, 0.1) is 6.92 Å². The molecule has 0 aliphatic rings. The summed E-state index contributed by atoms with van der Waals surface area (Å²) in [4.78, 5) is 4.60. The van der Waals surface area contributed by atoms with Crippen LogP contribution < -0.4 is 4.18 Å². The first-order valence-corrected chi connectivity index (χ1v) is 11.8. The van der Waals surface area contributed by atoms with Gasteiger partial charge in [-0.05, 0) is 37.5 Å². The Kier molecular flexibility index (Phi) is 9.19. The second kappa shape index (κ2) is 11.4. The van der Waals surface area contributed by atoms with Crippen molar-refractivity contribution in [3.05, 3.63) is 35.5 Å². The molecular weight excluding hydrogens is 374 g/mol. The van der Waals surface area contributed by atoms with Gasteiger partial charge in [-0.2, -0.15) is 8.42 Å². The third kappa shape index (κ3) is 7.76. The van der Waals surface area contributed by atoms with Gasteiger partial charge < -0.3 is 4.18 Å². The second-order valence-electron chi connectivity index (χ2n) is 7.52. The first kappa shape index (κ1) is 22.6. The Morgan fingerprint density at radius 1 is 0.893 bits per heavy atom. The van der Waals surface area contributed by atoms with Crippen LogP contribution >= 0.6 is 0 Å². The highest BCUT2D eigenvalue weighted by atomic mass is 32.3. The molecular formula is C22H33NO4S. The quantitative estimate of drug-likeness (QED) is 0.316. The molecule has 0 aliphatic carbocycles. The van der Waals surface area contributed by atoms with Crippen LogP contribution in [0.4, 0.5) is 0 Å². The lowest BCUT2D eigenvalue weighted by Gasteiger charge is -2.09. The van der Waals surface area contributed by atoms with Crippen LogP contribution in [0.25, 0.3) is 10.9 Å². The summed E-state index contributed by atoms with van der Waals surface area (Å²) in [6, 6.07) is 7.22. The number of hydrogen-bond donors (Lipinski definition) is 1. The summed E-state index contributed by atoms with van der Waals surface area (Å²) >= 11 is 0. The van der Waals surface area contributed by atoms with Gasteiger partial charge in [-0.15, -0.1) is 0 Å². The molecule has 2 aromatic rings. The summed E-state index contributed by atoms with van der Waals surface area (Å²) in [5.74, 6) is 0.0630. The van der Waals surface area contributed by atoms with Crippen molar-refractivity contribution in [3.8, 4) is 5.75 Å². The van der Waals surface area contributed by atoms with Crippen LogP contribution in [0.1, 0.15) is 82.4 Å². The fraction of sp³-hybridized carbons (Fsp3) is 0.591. The summed E-state index contributed by atoms with van der Waals surface area (Å²) in [5.41, 5.74) is 2.37. The zero-order valence-electron chi connectivity index (χ0n) is 17.1. The largest absolute Gasteiger partial charge is 0.446 e. The summed E-state index contributed by atoms with van der Waals surface area (Å²) < 4.78 is 35.9. The standard InChI is InChI=1S/C22H33NO4S/c1-3-4-5-6-7-8-9-10-11-12-13-19-15-16-20-18(2)14-17-21(22(20)23-19)27-28(24,25)26/h14-17H,3-13H2,1-2H3,(H,24,25,26). The molecule has 2 rings (SSSR count). The third-order valence-corrected chi connectivity index (χ3v) is 5.47. The van der Waals surface area contributed by atoms with Crippen LogP contribution in [0.3, 0.4) is 0 Å². The van der Waals surface area contributed by atoms with Crippen LogP contribution in [0.5, 0.6) is 5.75 Å². The zero-order chi connectivity index (χ0) is 20.4. The van der Waals surface area contributed by atoms with Gasteiger partial charge in [-0.1, -0.05) is 76.8 Å². The lowest BCUT2D eigenvalue weighted by Crippen LogP contribution is -2.07. The van der Waals surface area contributed by atoms with Crippen molar-refractivity contribution in [2.24, 2.45) is 0 Å². The third-order valence-electron chi connectivity index (χ3n) is 5.08. The van der Waals surface area contributed by atoms with Gasteiger partial charge in [-0.3, -0.25) is 4.55 Å². The van der Waals surface area contributed by atoms with Crippen molar-refractivity contribution in [2.75, 3.05) is 0 Å². The Morgan fingerprint density at radius 3 is 2.11 bits per heavy atom. The van der Waals surface area contributed by atoms with Crippen LogP contribution in [-0.4, -0.2) is 18.0 Å². The molecule has 0 saturated heterocycles. The van der Waals surface area contributed by atoms with E-state index in [1.807, 2.05) is 19.1 Å². The smallest absolute Gasteiger partial charge is 0.359 e. The van der Waals surface area contributed by atoms with Gasteiger partial charge in [0.2, 0.25) is 0 Å². The first-order valence-electron chi connectivity index (χ1n) is 10.5. The minimum Gasteiger partial charge on any atom is -0.359 e. The fourth-order valence-corrected chi connectivity index (χ4v) is 3.85. The van der Waals surface area contributed by atoms with E-state index in [0.717, 1.165) is 29.5 Å². The number of aryl methyl sites for hydroxylation is 2. The second-order valence-corrected chi connectivity index (χ2v) is 8.54. The molecule has 1 aromatic carbocycles. The van der Waals surface area contributed by atoms with Crippen LogP contribution in [-0.2, 0) is 16.8 Å². The molecule has 0 aliphatic heterocycles. The summed E-state index contributed by atoms with van der Waals surface area (Å²) in [6.07, 6.45) is 13.7. The minimum atomic E-state index is -4.57. The molecule has 0 fully saturated rings. The molecule has 0 unspecified atom stereocenters. The van der Waals surface area contributed by atoms with Crippen molar-refractivity contribution >= 4 is 21.3 Å². The van der Waals surface area contributed by atoms with Crippen molar-refractivity contribution in [1.82, 2.24) is 4.98 Å². The maximum Gasteiger partial charge on any atom is 0.446 e. The first-order chi connectivity index (χ1) is 13.4. The van der Waals surface area contributed by atoms with Crippen molar-refractivity contribution in [3.63, 3.8) is 0 Å². The summed E-state index contributed by atoms with van der Waals surface area (Å²) in [5, 5.41) is 0.827. The molecule has 1 N–H and O–H groups in total. The van der Waals surface area contributed by atoms with Crippen molar-refractivity contribution in [2.45, 2.75) is 84.5 Å². The molecule has 28 heavy (non-hydrogen) atoms. The SMILES string of the molecule is CCCCCCCCCCCCc1ccc2c(C)ccc(OS(=O)(=O)O)c2n1. The predicted octanol–water partition coefficient (Wildman–Crippen LogP) is 6.19. The molecule has 6 heteroatoms. The number of rotatable bonds is 13. The van der Waals surface area contributed by atoms with Gasteiger partial charge in [0.05, 0.1) is 0 Å². The van der Waals surface area contributed by atoms with E-state index in [4.69, 9.17) is 8.74 Å². The van der Waals surface area contributed by atoms with Gasteiger partial charge in [0.1, 0.15) is 5.52 Å². The monoisotopic (exact) mass is 407 g/mol. The molecule has 0 amide bonds. The van der Waals surface area contributed by atoms with E-state index in [1.54, 1.807) is 6.07 Å². The number of pyridine rings is 1. The van der Waals surface area contributed by atoms with Crippen molar-refractivity contribution < 1.29 is 17.2 Å². The Hall–Kier alpha value is -1.66. The fourth-order valence-electron chi connectivity index (χ4n) is 3.49. The average Bonchev–Trinajstić information content (AvgIpc) is 2.64. The maximum atomic E-state index is 11.1.